The second-order valence-corrected chi connectivity index (χ2v) is 10.7. The Balaban J connectivity index is 1.40. The lowest BCUT2D eigenvalue weighted by atomic mass is 10.00. The molecule has 0 saturated carbocycles. The summed E-state index contributed by atoms with van der Waals surface area (Å²) >= 11 is 0. The average Bonchev–Trinajstić information content (AvgIpc) is 3.47. The predicted molar refractivity (Wildman–Crippen MR) is 140 cm³/mol. The van der Waals surface area contributed by atoms with Crippen LogP contribution in [0.4, 0.5) is 44.1 Å². The molecule has 3 saturated heterocycles. The van der Waals surface area contributed by atoms with Crippen LogP contribution >= 0.6 is 0 Å². The monoisotopic (exact) mass is 569 g/mol. The van der Waals surface area contributed by atoms with Gasteiger partial charge in [0.15, 0.2) is 0 Å². The number of aromatic nitrogens is 1. The van der Waals surface area contributed by atoms with Crippen molar-refractivity contribution in [2.45, 2.75) is 38.0 Å². The highest BCUT2D eigenvalue weighted by molar-refractivity contribution is 5.91. The number of hydrogen-bond acceptors (Lipinski definition) is 6. The maximum absolute atomic E-state index is 14.2. The van der Waals surface area contributed by atoms with Crippen molar-refractivity contribution in [1.29, 1.82) is 0 Å². The van der Waals surface area contributed by atoms with Gasteiger partial charge in [-0.2, -0.15) is 13.2 Å². The number of urea groups is 1. The molecule has 4 heterocycles. The van der Waals surface area contributed by atoms with Crippen molar-refractivity contribution in [3.63, 3.8) is 0 Å². The number of hydrogen-bond donors (Lipinski definition) is 2. The van der Waals surface area contributed by atoms with Crippen molar-refractivity contribution < 1.29 is 36.6 Å². The van der Waals surface area contributed by atoms with E-state index in [-0.39, 0.29) is 19.6 Å². The Morgan fingerprint density at radius 3 is 2.45 bits per heavy atom. The van der Waals surface area contributed by atoms with Crippen molar-refractivity contribution in [3.05, 3.63) is 35.9 Å². The molecule has 0 radical (unpaired) electrons. The lowest BCUT2D eigenvalue weighted by Crippen LogP contribution is -2.37. The molecule has 13 heteroatoms. The number of benzene rings is 1. The minimum atomic E-state index is -4.27. The fourth-order valence-electron chi connectivity index (χ4n) is 5.44. The molecule has 3 fully saturated rings. The molecule has 1 aromatic heterocycles. The Labute approximate surface area is 228 Å². The summed E-state index contributed by atoms with van der Waals surface area (Å²) in [7, 11) is 0. The van der Waals surface area contributed by atoms with E-state index in [0.29, 0.717) is 55.6 Å². The molecule has 2 aromatic rings. The van der Waals surface area contributed by atoms with E-state index in [1.165, 1.54) is 9.80 Å². The second-order valence-electron chi connectivity index (χ2n) is 10.7. The molecule has 2 atom stereocenters. The number of nitrogens with zero attached hydrogens (tertiary/aromatic N) is 4. The summed E-state index contributed by atoms with van der Waals surface area (Å²) < 4.78 is 72.1. The smallest absolute Gasteiger partial charge is 0.385 e. The molecule has 0 aliphatic carbocycles. The largest absolute Gasteiger partial charge is 0.389 e. The number of amides is 2. The first kappa shape index (κ1) is 28.3. The van der Waals surface area contributed by atoms with Gasteiger partial charge in [-0.15, -0.1) is 0 Å². The summed E-state index contributed by atoms with van der Waals surface area (Å²) in [4.78, 5) is 22.2. The van der Waals surface area contributed by atoms with Gasteiger partial charge >= 0.3 is 12.2 Å². The summed E-state index contributed by atoms with van der Waals surface area (Å²) in [6.45, 7) is 3.40. The van der Waals surface area contributed by atoms with Crippen LogP contribution in [0.1, 0.15) is 18.4 Å². The fraction of sp³-hybridized carbons (Fsp3) is 0.556. The van der Waals surface area contributed by atoms with Crippen LogP contribution in [0, 0.1) is 12.8 Å². The minimum Gasteiger partial charge on any atom is -0.385 e. The maximum atomic E-state index is 14.2. The number of pyridine rings is 1. The van der Waals surface area contributed by atoms with Crippen LogP contribution in [0.5, 0.6) is 0 Å². The Hall–Kier alpha value is -3.19. The zero-order chi connectivity index (χ0) is 28.7. The van der Waals surface area contributed by atoms with Crippen LogP contribution in [0.2, 0.25) is 0 Å². The van der Waals surface area contributed by atoms with Gasteiger partial charge < -0.3 is 29.9 Å². The van der Waals surface area contributed by atoms with Crippen molar-refractivity contribution >= 4 is 23.4 Å². The summed E-state index contributed by atoms with van der Waals surface area (Å²) in [5.41, 5.74) is 2.75. The molecular formula is C27H32F5N5O3. The molecule has 218 valence electrons. The lowest BCUT2D eigenvalue weighted by molar-refractivity contribution is -0.143. The molecule has 0 bridgehead atoms. The third-order valence-corrected chi connectivity index (χ3v) is 7.63. The van der Waals surface area contributed by atoms with Gasteiger partial charge in [-0.05, 0) is 60.2 Å². The number of aryl methyl sites for hydroxylation is 1. The van der Waals surface area contributed by atoms with Gasteiger partial charge in [0.1, 0.15) is 17.7 Å². The van der Waals surface area contributed by atoms with E-state index >= 15 is 0 Å². The molecule has 3 aliphatic rings. The number of ether oxygens (including phenoxy) is 1. The Morgan fingerprint density at radius 1 is 1.10 bits per heavy atom. The Morgan fingerprint density at radius 2 is 1.80 bits per heavy atom. The minimum absolute atomic E-state index is 0.0347. The normalized spacial score (nSPS) is 23.1. The Bertz CT molecular complexity index is 1240. The number of alkyl halides is 5. The third kappa shape index (κ3) is 6.41. The SMILES string of the molecule is Cc1ccc(NC(=O)N2CC[C@@H](CC(F)(F)F)C2)cc1-c1cc(N2CCOCC2)nc(N2CC(O)C(F)(F)C2)c1. The van der Waals surface area contributed by atoms with E-state index in [4.69, 9.17) is 4.74 Å². The number of likely N-dealkylation sites (tertiary alicyclic amines) is 1. The lowest BCUT2D eigenvalue weighted by Gasteiger charge is -2.29. The van der Waals surface area contributed by atoms with Crippen molar-refractivity contribution in [2.75, 3.05) is 67.6 Å². The molecule has 1 aromatic carbocycles. The van der Waals surface area contributed by atoms with E-state index in [9.17, 15) is 31.9 Å². The first-order chi connectivity index (χ1) is 18.9. The first-order valence-corrected chi connectivity index (χ1v) is 13.3. The maximum Gasteiger partial charge on any atom is 0.389 e. The zero-order valence-corrected chi connectivity index (χ0v) is 22.1. The molecule has 0 spiro atoms. The number of carbonyl (C=O) groups excluding carboxylic acids is 1. The van der Waals surface area contributed by atoms with E-state index in [2.05, 4.69) is 10.3 Å². The van der Waals surface area contributed by atoms with E-state index in [0.717, 1.165) is 11.1 Å². The van der Waals surface area contributed by atoms with E-state index in [1.807, 2.05) is 24.0 Å². The number of nitrogens with one attached hydrogen (secondary N) is 1. The summed E-state index contributed by atoms with van der Waals surface area (Å²) in [6.07, 6.45) is -6.69. The zero-order valence-electron chi connectivity index (χ0n) is 22.1. The molecule has 1 unspecified atom stereocenters. The third-order valence-electron chi connectivity index (χ3n) is 7.63. The van der Waals surface area contributed by atoms with Gasteiger partial charge in [0.25, 0.3) is 5.92 Å². The van der Waals surface area contributed by atoms with Crippen LogP contribution in [-0.4, -0.2) is 91.7 Å². The van der Waals surface area contributed by atoms with Gasteiger partial charge in [0.05, 0.1) is 26.3 Å². The summed E-state index contributed by atoms with van der Waals surface area (Å²) in [5, 5.41) is 12.7. The number of β-amino-alcohol motifs (C(OH)–C–C–N with tert-alkyl or cyclic N) is 1. The molecule has 3 aliphatic heterocycles. The molecule has 2 amide bonds. The highest BCUT2D eigenvalue weighted by Crippen LogP contribution is 2.36. The van der Waals surface area contributed by atoms with Crippen molar-refractivity contribution in [1.82, 2.24) is 9.88 Å². The first-order valence-electron chi connectivity index (χ1n) is 13.3. The number of morpholine rings is 1. The quantitative estimate of drug-likeness (QED) is 0.516. The molecule has 8 nitrogen and oxygen atoms in total. The average molecular weight is 570 g/mol. The highest BCUT2D eigenvalue weighted by Gasteiger charge is 2.47. The van der Waals surface area contributed by atoms with Crippen molar-refractivity contribution in [3.8, 4) is 11.1 Å². The molecule has 5 rings (SSSR count). The number of halogens is 5. The van der Waals surface area contributed by atoms with Gasteiger partial charge in [0.2, 0.25) is 0 Å². The van der Waals surface area contributed by atoms with Crippen LogP contribution in [0.15, 0.2) is 30.3 Å². The van der Waals surface area contributed by atoms with Gasteiger partial charge in [0, 0.05) is 38.3 Å². The fourth-order valence-corrected chi connectivity index (χ4v) is 5.44. The predicted octanol–water partition coefficient (Wildman–Crippen LogP) is 4.52. The van der Waals surface area contributed by atoms with E-state index < -0.39 is 43.1 Å². The topological polar surface area (TPSA) is 81.2 Å². The number of aliphatic hydroxyl groups is 1. The second kappa shape index (κ2) is 11.0. The molecule has 2 N–H and O–H groups in total. The summed E-state index contributed by atoms with van der Waals surface area (Å²) in [6, 6.07) is 8.35. The van der Waals surface area contributed by atoms with Gasteiger partial charge in [-0.3, -0.25) is 0 Å². The number of aliphatic hydroxyl groups excluding tert-OH is 1. The number of carbonyl (C=O) groups is 1. The van der Waals surface area contributed by atoms with E-state index in [1.54, 1.807) is 18.2 Å². The standard InChI is InChI=1S/C27H32F5N5O3/c1-17-2-3-20(33-25(39)36-5-4-18(14-36)13-27(30,31)32)12-21(17)19-10-23(35-6-8-40-9-7-35)34-24(11-19)37-15-22(38)26(28,29)16-37/h2-3,10-12,18,22,38H,4-9,13-16H2,1H3,(H,33,39)/t18-,22?/m0/s1. The number of rotatable bonds is 5. The van der Waals surface area contributed by atoms with Crippen LogP contribution in [0.3, 0.4) is 0 Å². The van der Waals surface area contributed by atoms with Crippen LogP contribution in [0.25, 0.3) is 11.1 Å². The van der Waals surface area contributed by atoms with Crippen LogP contribution in [-0.2, 0) is 4.74 Å². The summed E-state index contributed by atoms with van der Waals surface area (Å²) in [5.74, 6) is -2.99. The van der Waals surface area contributed by atoms with Gasteiger partial charge in [-0.1, -0.05) is 6.07 Å². The Kier molecular flexibility index (Phi) is 7.79. The van der Waals surface area contributed by atoms with Crippen molar-refractivity contribution in [2.24, 2.45) is 5.92 Å². The van der Waals surface area contributed by atoms with Crippen LogP contribution < -0.4 is 15.1 Å². The number of anilines is 3. The van der Waals surface area contributed by atoms with Gasteiger partial charge in [-0.25, -0.2) is 18.6 Å². The molecule has 40 heavy (non-hydrogen) atoms. The highest BCUT2D eigenvalue weighted by atomic mass is 19.4. The molecular weight excluding hydrogens is 537 g/mol.